The summed E-state index contributed by atoms with van der Waals surface area (Å²) in [6.45, 7) is 3.45. The van der Waals surface area contributed by atoms with E-state index in [4.69, 9.17) is 4.74 Å². The van der Waals surface area contributed by atoms with Gasteiger partial charge in [0.1, 0.15) is 0 Å². The van der Waals surface area contributed by atoms with Gasteiger partial charge in [0, 0.05) is 20.2 Å². The number of amides is 1. The fourth-order valence-electron chi connectivity index (χ4n) is 1.12. The van der Waals surface area contributed by atoms with Crippen molar-refractivity contribution >= 4 is 5.91 Å². The van der Waals surface area contributed by atoms with Gasteiger partial charge in [-0.15, -0.1) is 0 Å². The Morgan fingerprint density at radius 3 is 2.35 bits per heavy atom. The summed E-state index contributed by atoms with van der Waals surface area (Å²) in [6, 6.07) is 0. The number of alkyl halides is 3. The van der Waals surface area contributed by atoms with Crippen LogP contribution in [0.25, 0.3) is 0 Å². The maximum absolute atomic E-state index is 12.0. The normalized spacial score (nSPS) is 15.5. The van der Waals surface area contributed by atoms with Crippen LogP contribution in [0.1, 0.15) is 20.3 Å². The molecule has 1 N–H and O–H groups in total. The molecule has 1 unspecified atom stereocenters. The number of ether oxygens (including phenoxy) is 1. The summed E-state index contributed by atoms with van der Waals surface area (Å²) in [5.41, 5.74) is -1.24. The zero-order valence-electron chi connectivity index (χ0n) is 10.2. The van der Waals surface area contributed by atoms with Crippen LogP contribution in [-0.2, 0) is 9.53 Å². The third kappa shape index (κ3) is 6.48. The summed E-state index contributed by atoms with van der Waals surface area (Å²) >= 11 is 0. The van der Waals surface area contributed by atoms with E-state index in [0.29, 0.717) is 11.5 Å². The molecule has 0 rings (SSSR count). The minimum absolute atomic E-state index is 0.0192. The summed E-state index contributed by atoms with van der Waals surface area (Å²) in [4.78, 5) is 11.3. The van der Waals surface area contributed by atoms with E-state index >= 15 is 0 Å². The highest BCUT2D eigenvalue weighted by Gasteiger charge is 2.41. The molecule has 17 heavy (non-hydrogen) atoms. The predicted octanol–water partition coefficient (Wildman–Crippen LogP) is 1.18. The number of hydrogen-bond acceptors (Lipinski definition) is 3. The van der Waals surface area contributed by atoms with Gasteiger partial charge in [0.05, 0.1) is 12.2 Å². The topological polar surface area (TPSA) is 49.8 Å². The van der Waals surface area contributed by atoms with Gasteiger partial charge in [0.15, 0.2) is 0 Å². The van der Waals surface area contributed by atoms with E-state index < -0.39 is 17.7 Å². The Balaban J connectivity index is 4.15. The quantitative estimate of drug-likeness (QED) is 0.777. The SMILES string of the molecule is CCOCC(C)(O)CCN(C)C(=O)C(F)(F)F. The van der Waals surface area contributed by atoms with Crippen molar-refractivity contribution in [3.63, 3.8) is 0 Å². The lowest BCUT2D eigenvalue weighted by Crippen LogP contribution is -2.42. The minimum Gasteiger partial charge on any atom is -0.388 e. The second kappa shape index (κ2) is 6.20. The number of aliphatic hydroxyl groups is 1. The fourth-order valence-corrected chi connectivity index (χ4v) is 1.12. The summed E-state index contributed by atoms with van der Waals surface area (Å²) in [7, 11) is 1.05. The van der Waals surface area contributed by atoms with Crippen LogP contribution in [0.4, 0.5) is 13.2 Å². The van der Waals surface area contributed by atoms with Crippen LogP contribution in [0.3, 0.4) is 0 Å². The average Bonchev–Trinajstić information content (AvgIpc) is 2.21. The lowest BCUT2D eigenvalue weighted by molar-refractivity contribution is -0.184. The Morgan fingerprint density at radius 1 is 1.41 bits per heavy atom. The number of carbonyl (C=O) groups is 1. The highest BCUT2D eigenvalue weighted by Crippen LogP contribution is 2.19. The molecule has 4 nitrogen and oxygen atoms in total. The first-order valence-electron chi connectivity index (χ1n) is 5.22. The average molecular weight is 257 g/mol. The number of rotatable bonds is 6. The van der Waals surface area contributed by atoms with Crippen LogP contribution in [0.15, 0.2) is 0 Å². The van der Waals surface area contributed by atoms with Crippen LogP contribution >= 0.6 is 0 Å². The Morgan fingerprint density at radius 2 is 1.94 bits per heavy atom. The van der Waals surface area contributed by atoms with Crippen molar-refractivity contribution in [2.24, 2.45) is 0 Å². The second-order valence-corrected chi connectivity index (χ2v) is 4.11. The number of halogens is 3. The monoisotopic (exact) mass is 257 g/mol. The van der Waals surface area contributed by atoms with Crippen molar-refractivity contribution in [1.82, 2.24) is 4.90 Å². The molecule has 0 aliphatic carbocycles. The second-order valence-electron chi connectivity index (χ2n) is 4.11. The number of hydrogen-bond donors (Lipinski definition) is 1. The van der Waals surface area contributed by atoms with E-state index in [9.17, 15) is 23.1 Å². The summed E-state index contributed by atoms with van der Waals surface area (Å²) in [6.07, 6.45) is -4.86. The first kappa shape index (κ1) is 16.2. The Bertz CT molecular complexity index is 254. The summed E-state index contributed by atoms with van der Waals surface area (Å²) < 4.78 is 41.1. The highest BCUT2D eigenvalue weighted by molar-refractivity contribution is 5.81. The maximum atomic E-state index is 12.0. The maximum Gasteiger partial charge on any atom is 0.471 e. The van der Waals surface area contributed by atoms with Gasteiger partial charge < -0.3 is 14.7 Å². The van der Waals surface area contributed by atoms with Gasteiger partial charge in [-0.3, -0.25) is 4.79 Å². The smallest absolute Gasteiger partial charge is 0.388 e. The fraction of sp³-hybridized carbons (Fsp3) is 0.900. The van der Waals surface area contributed by atoms with Crippen molar-refractivity contribution in [2.45, 2.75) is 32.0 Å². The molecule has 0 aliphatic heterocycles. The Labute approximate surface area is 98.3 Å². The van der Waals surface area contributed by atoms with Crippen molar-refractivity contribution in [3.05, 3.63) is 0 Å². The van der Waals surface area contributed by atoms with Crippen LogP contribution in [-0.4, -0.2) is 54.5 Å². The van der Waals surface area contributed by atoms with Gasteiger partial charge in [-0.1, -0.05) is 0 Å². The first-order chi connectivity index (χ1) is 7.60. The third-order valence-electron chi connectivity index (χ3n) is 2.19. The third-order valence-corrected chi connectivity index (χ3v) is 2.19. The van der Waals surface area contributed by atoms with E-state index in [2.05, 4.69) is 0 Å². The molecule has 1 atom stereocenters. The zero-order valence-corrected chi connectivity index (χ0v) is 10.2. The molecule has 0 spiro atoms. The minimum atomic E-state index is -4.87. The molecule has 0 aliphatic rings. The lowest BCUT2D eigenvalue weighted by Gasteiger charge is -2.26. The molecular weight excluding hydrogens is 239 g/mol. The van der Waals surface area contributed by atoms with Gasteiger partial charge in [0.25, 0.3) is 0 Å². The molecule has 0 saturated carbocycles. The van der Waals surface area contributed by atoms with Crippen LogP contribution < -0.4 is 0 Å². The molecule has 0 aromatic carbocycles. The van der Waals surface area contributed by atoms with Crippen molar-refractivity contribution < 1.29 is 27.8 Å². The van der Waals surface area contributed by atoms with E-state index in [1.165, 1.54) is 6.92 Å². The first-order valence-corrected chi connectivity index (χ1v) is 5.22. The van der Waals surface area contributed by atoms with Crippen molar-refractivity contribution in [1.29, 1.82) is 0 Å². The van der Waals surface area contributed by atoms with Crippen molar-refractivity contribution in [2.75, 3.05) is 26.8 Å². The van der Waals surface area contributed by atoms with E-state index in [0.717, 1.165) is 7.05 Å². The van der Waals surface area contributed by atoms with E-state index in [1.54, 1.807) is 6.92 Å². The molecule has 0 saturated heterocycles. The van der Waals surface area contributed by atoms with Gasteiger partial charge >= 0.3 is 12.1 Å². The standard InChI is InChI=1S/C10H18F3NO3/c1-4-17-7-9(2,16)5-6-14(3)8(15)10(11,12)13/h16H,4-7H2,1-3H3. The molecule has 0 radical (unpaired) electrons. The lowest BCUT2D eigenvalue weighted by atomic mass is 10.0. The Hall–Kier alpha value is -0.820. The molecule has 7 heteroatoms. The molecule has 0 aromatic rings. The number of carbonyl (C=O) groups excluding carboxylic acids is 1. The summed E-state index contributed by atoms with van der Waals surface area (Å²) in [5.74, 6) is -1.91. The van der Waals surface area contributed by atoms with Gasteiger partial charge in [-0.05, 0) is 20.3 Å². The van der Waals surface area contributed by atoms with Crippen LogP contribution in [0.2, 0.25) is 0 Å². The van der Waals surface area contributed by atoms with Gasteiger partial charge in [0.2, 0.25) is 0 Å². The van der Waals surface area contributed by atoms with E-state index in [-0.39, 0.29) is 19.6 Å². The molecule has 0 bridgehead atoms. The highest BCUT2D eigenvalue weighted by atomic mass is 19.4. The van der Waals surface area contributed by atoms with Gasteiger partial charge in [-0.25, -0.2) is 0 Å². The van der Waals surface area contributed by atoms with E-state index in [1.807, 2.05) is 0 Å². The Kier molecular flexibility index (Phi) is 5.91. The van der Waals surface area contributed by atoms with Crippen molar-refractivity contribution in [3.8, 4) is 0 Å². The van der Waals surface area contributed by atoms with Gasteiger partial charge in [-0.2, -0.15) is 13.2 Å². The molecule has 102 valence electrons. The van der Waals surface area contributed by atoms with Crippen LogP contribution in [0, 0.1) is 0 Å². The molecule has 0 aromatic heterocycles. The zero-order chi connectivity index (χ0) is 13.7. The van der Waals surface area contributed by atoms with Crippen LogP contribution in [0.5, 0.6) is 0 Å². The predicted molar refractivity (Wildman–Crippen MR) is 55.4 cm³/mol. The summed E-state index contributed by atoms with van der Waals surface area (Å²) in [5, 5.41) is 9.73. The molecular formula is C10H18F3NO3. The molecule has 0 heterocycles. The molecule has 0 fully saturated rings. The largest absolute Gasteiger partial charge is 0.471 e. The number of nitrogens with zero attached hydrogens (tertiary/aromatic N) is 1. The molecule has 1 amide bonds.